The molecular formula is C15H22ClF3N2O2. The van der Waals surface area contributed by atoms with Crippen LogP contribution in [0.5, 0.6) is 0 Å². The smallest absolute Gasteiger partial charge is 0.382 e. The number of alkyl halides is 3. The molecule has 132 valence electrons. The Bertz CT molecular complexity index is 483. The van der Waals surface area contributed by atoms with Gasteiger partial charge in [-0.25, -0.2) is 0 Å². The number of nitrogens with two attached hydrogens (primary N) is 1. The molecule has 0 aliphatic rings. The largest absolute Gasteiger partial charge is 0.416 e. The highest BCUT2D eigenvalue weighted by atomic mass is 35.5. The second-order valence-electron chi connectivity index (χ2n) is 5.56. The van der Waals surface area contributed by atoms with Gasteiger partial charge < -0.3 is 16.2 Å². The number of hydrogen-bond acceptors (Lipinski definition) is 3. The van der Waals surface area contributed by atoms with Crippen molar-refractivity contribution in [3.05, 3.63) is 35.9 Å². The molecule has 4 N–H and O–H groups in total. The summed E-state index contributed by atoms with van der Waals surface area (Å²) >= 11 is 0. The number of aliphatic hydroxyl groups is 1. The lowest BCUT2D eigenvalue weighted by molar-refractivity contribution is -0.215. The summed E-state index contributed by atoms with van der Waals surface area (Å²) in [6.07, 6.45) is -7.22. The standard InChI is InChI=1S/C15H21F3N2O2.ClH/c1-9(2)12(13(21)15(16,17)18)20-14(22)11(19)8-10-6-4-3-5-7-10;/h3-7,9,11-13,21H,8,19H2,1-2H3,(H,20,22);1H/t11-,12-,13-;/m0./s1. The molecular weight excluding hydrogens is 333 g/mol. The average molecular weight is 355 g/mol. The third-order valence-electron chi connectivity index (χ3n) is 3.34. The van der Waals surface area contributed by atoms with Crippen LogP contribution in [0.25, 0.3) is 0 Å². The monoisotopic (exact) mass is 354 g/mol. The molecule has 4 nitrogen and oxygen atoms in total. The van der Waals surface area contributed by atoms with Gasteiger partial charge in [0.2, 0.25) is 5.91 Å². The number of benzene rings is 1. The minimum absolute atomic E-state index is 0. The van der Waals surface area contributed by atoms with Crippen LogP contribution >= 0.6 is 12.4 Å². The van der Waals surface area contributed by atoms with Crippen LogP contribution in [0.2, 0.25) is 0 Å². The van der Waals surface area contributed by atoms with Gasteiger partial charge in [0.05, 0.1) is 12.1 Å². The van der Waals surface area contributed by atoms with Crippen molar-refractivity contribution in [2.24, 2.45) is 11.7 Å². The molecule has 1 aromatic carbocycles. The highest BCUT2D eigenvalue weighted by Gasteiger charge is 2.45. The lowest BCUT2D eigenvalue weighted by Crippen LogP contribution is -2.56. The molecule has 1 rings (SSSR count). The van der Waals surface area contributed by atoms with Crippen LogP contribution in [0.15, 0.2) is 30.3 Å². The molecule has 1 aromatic rings. The highest BCUT2D eigenvalue weighted by molar-refractivity contribution is 5.85. The van der Waals surface area contributed by atoms with Crippen molar-refractivity contribution in [3.8, 4) is 0 Å². The van der Waals surface area contributed by atoms with Crippen molar-refractivity contribution in [2.75, 3.05) is 0 Å². The van der Waals surface area contributed by atoms with Crippen LogP contribution in [0.3, 0.4) is 0 Å². The minimum atomic E-state index is -4.80. The maximum absolute atomic E-state index is 12.6. The number of carbonyl (C=O) groups excluding carboxylic acids is 1. The third kappa shape index (κ3) is 6.76. The van der Waals surface area contributed by atoms with E-state index in [1.165, 1.54) is 13.8 Å². The van der Waals surface area contributed by atoms with Gasteiger partial charge in [0.1, 0.15) is 0 Å². The number of halogens is 4. The molecule has 0 unspecified atom stereocenters. The van der Waals surface area contributed by atoms with Gasteiger partial charge in [0.15, 0.2) is 6.10 Å². The van der Waals surface area contributed by atoms with E-state index in [-0.39, 0.29) is 18.8 Å². The van der Waals surface area contributed by atoms with E-state index in [2.05, 4.69) is 5.32 Å². The van der Waals surface area contributed by atoms with Crippen molar-refractivity contribution in [3.63, 3.8) is 0 Å². The van der Waals surface area contributed by atoms with Crippen molar-refractivity contribution in [1.82, 2.24) is 5.32 Å². The van der Waals surface area contributed by atoms with Crippen LogP contribution < -0.4 is 11.1 Å². The fourth-order valence-electron chi connectivity index (χ4n) is 2.05. The van der Waals surface area contributed by atoms with Crippen LogP contribution in [0, 0.1) is 5.92 Å². The molecule has 23 heavy (non-hydrogen) atoms. The SMILES string of the molecule is CC(C)[C@H](NC(=O)[C@@H](N)Cc1ccccc1)[C@H](O)C(F)(F)F.Cl. The molecule has 0 aliphatic carbocycles. The summed E-state index contributed by atoms with van der Waals surface area (Å²) in [5, 5.41) is 11.6. The summed E-state index contributed by atoms with van der Waals surface area (Å²) in [6, 6.07) is 6.51. The van der Waals surface area contributed by atoms with E-state index in [0.29, 0.717) is 0 Å². The van der Waals surface area contributed by atoms with Crippen LogP contribution in [0.1, 0.15) is 19.4 Å². The van der Waals surface area contributed by atoms with Crippen molar-refractivity contribution in [2.45, 2.75) is 44.6 Å². The Morgan fingerprint density at radius 1 is 1.26 bits per heavy atom. The molecule has 1 amide bonds. The number of carbonyl (C=O) groups is 1. The Morgan fingerprint density at radius 2 is 1.78 bits per heavy atom. The Labute approximate surface area is 139 Å². The highest BCUT2D eigenvalue weighted by Crippen LogP contribution is 2.25. The molecule has 0 saturated heterocycles. The lowest BCUT2D eigenvalue weighted by atomic mass is 9.97. The molecule has 0 aromatic heterocycles. The Morgan fingerprint density at radius 3 is 2.22 bits per heavy atom. The first-order chi connectivity index (χ1) is 10.1. The predicted octanol–water partition coefficient (Wildman–Crippen LogP) is 2.04. The van der Waals surface area contributed by atoms with Crippen LogP contribution in [0.4, 0.5) is 13.2 Å². The van der Waals surface area contributed by atoms with E-state index in [0.717, 1.165) is 5.56 Å². The van der Waals surface area contributed by atoms with Gasteiger partial charge in [-0.1, -0.05) is 44.2 Å². The van der Waals surface area contributed by atoms with E-state index < -0.39 is 36.2 Å². The Balaban J connectivity index is 0.00000484. The van der Waals surface area contributed by atoms with Gasteiger partial charge in [-0.2, -0.15) is 13.2 Å². The van der Waals surface area contributed by atoms with E-state index in [1.54, 1.807) is 24.3 Å². The number of aliphatic hydroxyl groups excluding tert-OH is 1. The first-order valence-corrected chi connectivity index (χ1v) is 6.97. The van der Waals surface area contributed by atoms with Crippen molar-refractivity contribution in [1.29, 1.82) is 0 Å². The molecule has 0 bridgehead atoms. The molecule has 0 radical (unpaired) electrons. The summed E-state index contributed by atoms with van der Waals surface area (Å²) in [4.78, 5) is 12.0. The lowest BCUT2D eigenvalue weighted by Gasteiger charge is -2.29. The molecule has 0 fully saturated rings. The first-order valence-electron chi connectivity index (χ1n) is 6.97. The third-order valence-corrected chi connectivity index (χ3v) is 3.34. The maximum atomic E-state index is 12.6. The van der Waals surface area contributed by atoms with Gasteiger partial charge >= 0.3 is 6.18 Å². The van der Waals surface area contributed by atoms with Crippen molar-refractivity contribution < 1.29 is 23.1 Å². The number of rotatable bonds is 6. The average Bonchev–Trinajstić information content (AvgIpc) is 2.43. The van der Waals surface area contributed by atoms with E-state index in [9.17, 15) is 23.1 Å². The molecule has 3 atom stereocenters. The van der Waals surface area contributed by atoms with Crippen LogP contribution in [-0.4, -0.2) is 35.4 Å². The Kier molecular flexibility index (Phi) is 8.58. The minimum Gasteiger partial charge on any atom is -0.382 e. The molecule has 0 heterocycles. The quantitative estimate of drug-likeness (QED) is 0.731. The van der Waals surface area contributed by atoms with E-state index >= 15 is 0 Å². The fraction of sp³-hybridized carbons (Fsp3) is 0.533. The zero-order chi connectivity index (χ0) is 16.9. The molecule has 8 heteroatoms. The maximum Gasteiger partial charge on any atom is 0.416 e. The van der Waals surface area contributed by atoms with Gasteiger partial charge in [-0.05, 0) is 17.9 Å². The Hall–Kier alpha value is -1.31. The molecule has 0 spiro atoms. The van der Waals surface area contributed by atoms with Gasteiger partial charge in [0.25, 0.3) is 0 Å². The zero-order valence-corrected chi connectivity index (χ0v) is 13.7. The first kappa shape index (κ1) is 21.7. The summed E-state index contributed by atoms with van der Waals surface area (Å²) in [7, 11) is 0. The predicted molar refractivity (Wildman–Crippen MR) is 84.2 cm³/mol. The molecule has 0 aliphatic heterocycles. The number of nitrogens with one attached hydrogen (secondary N) is 1. The van der Waals surface area contributed by atoms with E-state index in [4.69, 9.17) is 5.73 Å². The zero-order valence-electron chi connectivity index (χ0n) is 12.9. The molecule has 0 saturated carbocycles. The summed E-state index contributed by atoms with van der Waals surface area (Å²) < 4.78 is 37.9. The summed E-state index contributed by atoms with van der Waals surface area (Å²) in [6.45, 7) is 2.98. The fourth-order valence-corrected chi connectivity index (χ4v) is 2.05. The summed E-state index contributed by atoms with van der Waals surface area (Å²) in [5.41, 5.74) is 6.54. The van der Waals surface area contributed by atoms with Gasteiger partial charge in [-0.15, -0.1) is 12.4 Å². The summed E-state index contributed by atoms with van der Waals surface area (Å²) in [5.74, 6) is -1.31. The van der Waals surface area contributed by atoms with E-state index in [1.807, 2.05) is 6.07 Å². The van der Waals surface area contributed by atoms with Gasteiger partial charge in [0, 0.05) is 0 Å². The second-order valence-corrected chi connectivity index (χ2v) is 5.56. The topological polar surface area (TPSA) is 75.4 Å². The number of hydrogen-bond donors (Lipinski definition) is 3. The van der Waals surface area contributed by atoms with Gasteiger partial charge in [-0.3, -0.25) is 4.79 Å². The second kappa shape index (κ2) is 9.10. The van der Waals surface area contributed by atoms with Crippen LogP contribution in [-0.2, 0) is 11.2 Å². The van der Waals surface area contributed by atoms with Crippen molar-refractivity contribution >= 4 is 18.3 Å². The normalized spacial score (nSPS) is 15.5. The number of amides is 1.